The van der Waals surface area contributed by atoms with E-state index in [0.29, 0.717) is 33.3 Å². The van der Waals surface area contributed by atoms with Crippen LogP contribution in [-0.4, -0.2) is 55.0 Å². The van der Waals surface area contributed by atoms with Crippen molar-refractivity contribution in [3.63, 3.8) is 0 Å². The Labute approximate surface area is 237 Å². The Morgan fingerprint density at radius 3 is 2.45 bits per heavy atom. The Kier molecular flexibility index (Phi) is 8.32. The molecule has 0 radical (unpaired) electrons. The number of nitrogens with zero attached hydrogens (tertiary/aromatic N) is 2. The molecule has 0 bridgehead atoms. The van der Waals surface area contributed by atoms with Gasteiger partial charge in [-0.25, -0.2) is 18.2 Å². The summed E-state index contributed by atoms with van der Waals surface area (Å²) in [6.07, 6.45) is 3.64. The summed E-state index contributed by atoms with van der Waals surface area (Å²) in [4.78, 5) is 44.4. The quantitative estimate of drug-likeness (QED) is 0.346. The van der Waals surface area contributed by atoms with Gasteiger partial charge >= 0.3 is 5.97 Å². The molecule has 1 aliphatic heterocycles. The predicted molar refractivity (Wildman–Crippen MR) is 151 cm³/mol. The van der Waals surface area contributed by atoms with Crippen molar-refractivity contribution in [2.24, 2.45) is 5.92 Å². The van der Waals surface area contributed by atoms with Crippen molar-refractivity contribution < 1.29 is 27.5 Å². The highest BCUT2D eigenvalue weighted by molar-refractivity contribution is 7.91. The highest BCUT2D eigenvalue weighted by Crippen LogP contribution is 2.35. The maximum atomic E-state index is 13.3. The average Bonchev–Trinajstić information content (AvgIpc) is 3.38. The van der Waals surface area contributed by atoms with Crippen LogP contribution in [0.2, 0.25) is 0 Å². The van der Waals surface area contributed by atoms with E-state index >= 15 is 0 Å². The average molecular weight is 582 g/mol. The van der Waals surface area contributed by atoms with Gasteiger partial charge in [-0.3, -0.25) is 9.59 Å². The number of carbonyl (C=O) groups is 3. The van der Waals surface area contributed by atoms with Crippen molar-refractivity contribution in [3.8, 4) is 0 Å². The normalized spacial score (nSPS) is 17.0. The minimum Gasteiger partial charge on any atom is -0.461 e. The summed E-state index contributed by atoms with van der Waals surface area (Å²) >= 11 is 1.35. The number of rotatable bonds is 10. The van der Waals surface area contributed by atoms with Gasteiger partial charge in [-0.05, 0) is 80.5 Å². The Hall–Kier alpha value is -3.57. The van der Waals surface area contributed by atoms with Crippen molar-refractivity contribution in [1.29, 1.82) is 0 Å². The highest BCUT2D eigenvalue weighted by Gasteiger charge is 2.33. The summed E-state index contributed by atoms with van der Waals surface area (Å²) < 4.78 is 29.9. The fourth-order valence-electron chi connectivity index (χ4n) is 4.76. The number of carbonyl (C=O) groups excluding carboxylic acids is 3. The molecule has 40 heavy (non-hydrogen) atoms. The molecule has 1 unspecified atom stereocenters. The molecule has 1 aliphatic carbocycles. The number of aromatic nitrogens is 1. The third kappa shape index (κ3) is 6.59. The van der Waals surface area contributed by atoms with E-state index < -0.39 is 15.8 Å². The number of anilines is 1. The Bertz CT molecular complexity index is 1500. The minimum atomic E-state index is -3.29. The Balaban J connectivity index is 1.17. The van der Waals surface area contributed by atoms with Gasteiger partial charge in [0.15, 0.2) is 15.5 Å². The van der Waals surface area contributed by atoms with Gasteiger partial charge in [-0.1, -0.05) is 12.1 Å². The summed E-state index contributed by atoms with van der Waals surface area (Å²) in [5, 5.41) is 5.21. The molecule has 2 amide bonds. The molecule has 1 aromatic heterocycles. The van der Waals surface area contributed by atoms with Crippen molar-refractivity contribution in [3.05, 3.63) is 75.7 Å². The van der Waals surface area contributed by atoms with Crippen LogP contribution in [0.3, 0.4) is 0 Å². The molecule has 5 rings (SSSR count). The first-order valence-electron chi connectivity index (χ1n) is 13.4. The maximum absolute atomic E-state index is 13.3. The van der Waals surface area contributed by atoms with Crippen LogP contribution in [-0.2, 0) is 25.8 Å². The second-order valence-corrected chi connectivity index (χ2v) is 13.0. The van der Waals surface area contributed by atoms with E-state index in [2.05, 4.69) is 10.3 Å². The van der Waals surface area contributed by atoms with Crippen molar-refractivity contribution >= 4 is 44.6 Å². The monoisotopic (exact) mass is 581 g/mol. The highest BCUT2D eigenvalue weighted by atomic mass is 32.2. The molecule has 1 atom stereocenters. The first-order chi connectivity index (χ1) is 19.2. The number of hydrogen-bond acceptors (Lipinski definition) is 8. The third-order valence-electron chi connectivity index (χ3n) is 7.02. The molecule has 2 heterocycles. The molecule has 1 saturated heterocycles. The van der Waals surface area contributed by atoms with E-state index in [-0.39, 0.29) is 48.2 Å². The molecule has 1 saturated carbocycles. The van der Waals surface area contributed by atoms with E-state index in [1.54, 1.807) is 65.7 Å². The topological polar surface area (TPSA) is 123 Å². The molecule has 2 aliphatic rings. The number of sulfone groups is 1. The van der Waals surface area contributed by atoms with Crippen LogP contribution in [0.15, 0.2) is 58.8 Å². The first-order valence-corrected chi connectivity index (χ1v) is 15.9. The lowest BCUT2D eigenvalue weighted by Gasteiger charge is -2.23. The van der Waals surface area contributed by atoms with Crippen molar-refractivity contribution in [2.45, 2.75) is 50.0 Å². The fraction of sp³-hybridized carbons (Fsp3) is 0.379. The van der Waals surface area contributed by atoms with Gasteiger partial charge in [0.2, 0.25) is 5.91 Å². The van der Waals surface area contributed by atoms with Gasteiger partial charge in [-0.2, -0.15) is 0 Å². The van der Waals surface area contributed by atoms with Gasteiger partial charge < -0.3 is 15.0 Å². The SMILES string of the molecule is CCOC(=O)c1csc(C2CCCN2C(=O)c2ccc(NC(=O)Cc3ccc(S(=O)(=O)CC4CC4)cc3)cc2)n1. The van der Waals surface area contributed by atoms with E-state index in [9.17, 15) is 22.8 Å². The fourth-order valence-corrected chi connectivity index (χ4v) is 7.40. The molecule has 1 N–H and O–H groups in total. The maximum Gasteiger partial charge on any atom is 0.357 e. The van der Waals surface area contributed by atoms with Crippen LogP contribution in [0.25, 0.3) is 0 Å². The lowest BCUT2D eigenvalue weighted by Crippen LogP contribution is -2.30. The number of amides is 2. The number of esters is 1. The summed E-state index contributed by atoms with van der Waals surface area (Å²) in [5.41, 5.74) is 2.02. The Morgan fingerprint density at radius 2 is 1.77 bits per heavy atom. The number of hydrogen-bond donors (Lipinski definition) is 1. The molecule has 9 nitrogen and oxygen atoms in total. The van der Waals surface area contributed by atoms with Gasteiger partial charge in [0.05, 0.1) is 29.7 Å². The number of ether oxygens (including phenoxy) is 1. The summed E-state index contributed by atoms with van der Waals surface area (Å²) in [6.45, 7) is 2.61. The molecular formula is C29H31N3O6S2. The van der Waals surface area contributed by atoms with E-state index in [1.165, 1.54) is 11.3 Å². The first kappa shape index (κ1) is 28.0. The van der Waals surface area contributed by atoms with Crippen molar-refractivity contribution in [1.82, 2.24) is 9.88 Å². The van der Waals surface area contributed by atoms with Crippen LogP contribution in [0.1, 0.15) is 70.1 Å². The number of nitrogens with one attached hydrogen (secondary N) is 1. The van der Waals surface area contributed by atoms with E-state index in [4.69, 9.17) is 4.74 Å². The smallest absolute Gasteiger partial charge is 0.357 e. The summed E-state index contributed by atoms with van der Waals surface area (Å²) in [7, 11) is -3.29. The third-order valence-corrected chi connectivity index (χ3v) is 9.87. The molecule has 11 heteroatoms. The van der Waals surface area contributed by atoms with Crippen LogP contribution < -0.4 is 5.32 Å². The zero-order valence-corrected chi connectivity index (χ0v) is 23.8. The van der Waals surface area contributed by atoms with Gasteiger partial charge in [0, 0.05) is 23.2 Å². The zero-order chi connectivity index (χ0) is 28.3. The van der Waals surface area contributed by atoms with E-state index in [0.717, 1.165) is 25.7 Å². The minimum absolute atomic E-state index is 0.0979. The second kappa shape index (κ2) is 11.9. The van der Waals surface area contributed by atoms with Crippen molar-refractivity contribution in [2.75, 3.05) is 24.2 Å². The lowest BCUT2D eigenvalue weighted by molar-refractivity contribution is -0.115. The predicted octanol–water partition coefficient (Wildman–Crippen LogP) is 4.66. The van der Waals surface area contributed by atoms with E-state index in [1.807, 2.05) is 0 Å². The standard InChI is InChI=1S/C29H31N3O6S2/c1-2-38-29(35)24-17-39-27(31-24)25-4-3-15-32(25)28(34)21-9-11-22(12-10-21)30-26(33)16-19-7-13-23(14-8-19)40(36,37)18-20-5-6-20/h7-14,17,20,25H,2-6,15-16,18H2,1H3,(H,30,33). The summed E-state index contributed by atoms with van der Waals surface area (Å²) in [5.74, 6) is -0.380. The number of benzene rings is 2. The Morgan fingerprint density at radius 1 is 1.05 bits per heavy atom. The lowest BCUT2D eigenvalue weighted by atomic mass is 10.1. The van der Waals surface area contributed by atoms with Gasteiger partial charge in [-0.15, -0.1) is 11.3 Å². The number of likely N-dealkylation sites (tertiary alicyclic amines) is 1. The molecule has 0 spiro atoms. The largest absolute Gasteiger partial charge is 0.461 e. The summed E-state index contributed by atoms with van der Waals surface area (Å²) in [6, 6.07) is 13.0. The van der Waals surface area contributed by atoms with Crippen LogP contribution in [0.4, 0.5) is 5.69 Å². The zero-order valence-electron chi connectivity index (χ0n) is 22.2. The second-order valence-electron chi connectivity index (χ2n) is 10.1. The molecule has 3 aromatic rings. The number of thiazole rings is 1. The van der Waals surface area contributed by atoms with Gasteiger partial charge in [0.25, 0.3) is 5.91 Å². The molecule has 210 valence electrons. The van der Waals surface area contributed by atoms with Gasteiger partial charge in [0.1, 0.15) is 5.01 Å². The van der Waals surface area contributed by atoms with Crippen LogP contribution in [0, 0.1) is 5.92 Å². The van der Waals surface area contributed by atoms with Crippen LogP contribution in [0.5, 0.6) is 0 Å². The van der Waals surface area contributed by atoms with Crippen LogP contribution >= 0.6 is 11.3 Å². The molecule has 2 aromatic carbocycles. The molecule has 2 fully saturated rings. The molecular weight excluding hydrogens is 550 g/mol.